The smallest absolute Gasteiger partial charge is 0.131 e. The van der Waals surface area contributed by atoms with Crippen molar-refractivity contribution < 1.29 is 4.74 Å². The maximum Gasteiger partial charge on any atom is 0.131 e. The normalized spacial score (nSPS) is 13.4. The van der Waals surface area contributed by atoms with Crippen LogP contribution in [0.2, 0.25) is 0 Å². The van der Waals surface area contributed by atoms with E-state index in [-0.39, 0.29) is 0 Å². The number of fused-ring (bicyclic) bond motifs is 1. The van der Waals surface area contributed by atoms with E-state index in [0.29, 0.717) is 0 Å². The van der Waals surface area contributed by atoms with Crippen molar-refractivity contribution in [3.8, 4) is 17.0 Å². The van der Waals surface area contributed by atoms with Crippen molar-refractivity contribution in [2.45, 2.75) is 32.6 Å². The van der Waals surface area contributed by atoms with Crippen molar-refractivity contribution in [2.24, 2.45) is 0 Å². The zero-order valence-corrected chi connectivity index (χ0v) is 12.6. The van der Waals surface area contributed by atoms with Gasteiger partial charge in [-0.05, 0) is 30.9 Å². The second-order valence-electron chi connectivity index (χ2n) is 5.30. The average Bonchev–Trinajstić information content (AvgIpc) is 2.54. The highest BCUT2D eigenvalue weighted by atomic mass is 16.5. The third-order valence-corrected chi connectivity index (χ3v) is 3.71. The number of para-hydroxylation sites is 1. The molecule has 0 aliphatic carbocycles. The molecule has 0 unspecified atom stereocenters. The van der Waals surface area contributed by atoms with Crippen LogP contribution in [0.4, 0.5) is 5.82 Å². The molecular weight excluding hydrogens is 262 g/mol. The predicted octanol–water partition coefficient (Wildman–Crippen LogP) is 3.46. The number of aromatic nitrogens is 2. The molecule has 0 spiro atoms. The first kappa shape index (κ1) is 13.9. The van der Waals surface area contributed by atoms with Gasteiger partial charge in [-0.1, -0.05) is 19.1 Å². The lowest BCUT2D eigenvalue weighted by Gasteiger charge is -2.20. The Kier molecular flexibility index (Phi) is 4.04. The summed E-state index contributed by atoms with van der Waals surface area (Å²) in [6.07, 6.45) is 4.09. The lowest BCUT2D eigenvalue weighted by Crippen LogP contribution is -2.10. The van der Waals surface area contributed by atoms with Crippen LogP contribution < -0.4 is 10.1 Å². The van der Waals surface area contributed by atoms with Gasteiger partial charge >= 0.3 is 0 Å². The summed E-state index contributed by atoms with van der Waals surface area (Å²) in [4.78, 5) is 9.23. The van der Waals surface area contributed by atoms with Crippen LogP contribution in [-0.4, -0.2) is 23.6 Å². The van der Waals surface area contributed by atoms with E-state index in [4.69, 9.17) is 9.72 Å². The summed E-state index contributed by atoms with van der Waals surface area (Å²) in [6.45, 7) is 2.93. The van der Waals surface area contributed by atoms with E-state index in [2.05, 4.69) is 35.4 Å². The van der Waals surface area contributed by atoms with Gasteiger partial charge in [0.25, 0.3) is 0 Å². The molecule has 1 aliphatic rings. The van der Waals surface area contributed by atoms with Crippen molar-refractivity contribution >= 4 is 5.82 Å². The standard InChI is InChI=1S/C17H21N3O/c1-3-6-15-19-14(11-16(18-2)20-15)13-9-4-7-12-8-5-10-21-17(12)13/h4,7,9,11H,3,5-6,8,10H2,1-2H3,(H,18,19,20). The lowest BCUT2D eigenvalue weighted by atomic mass is 10.0. The van der Waals surface area contributed by atoms with E-state index in [9.17, 15) is 0 Å². The number of rotatable bonds is 4. The van der Waals surface area contributed by atoms with E-state index in [0.717, 1.165) is 60.9 Å². The molecule has 0 fully saturated rings. The summed E-state index contributed by atoms with van der Waals surface area (Å²) in [5, 5.41) is 3.12. The molecule has 2 aromatic rings. The Morgan fingerprint density at radius 1 is 1.29 bits per heavy atom. The summed E-state index contributed by atoms with van der Waals surface area (Å²) in [5.74, 6) is 2.73. The average molecular weight is 283 g/mol. The predicted molar refractivity (Wildman–Crippen MR) is 84.8 cm³/mol. The Morgan fingerprint density at radius 2 is 2.19 bits per heavy atom. The third-order valence-electron chi connectivity index (χ3n) is 3.71. The highest BCUT2D eigenvalue weighted by molar-refractivity contribution is 5.71. The second kappa shape index (κ2) is 6.12. The molecule has 0 bridgehead atoms. The molecule has 0 saturated heterocycles. The van der Waals surface area contributed by atoms with Crippen LogP contribution in [-0.2, 0) is 12.8 Å². The Labute approximate surface area is 125 Å². The van der Waals surface area contributed by atoms with E-state index in [1.54, 1.807) is 0 Å². The number of nitrogens with one attached hydrogen (secondary N) is 1. The fraction of sp³-hybridized carbons (Fsp3) is 0.412. The topological polar surface area (TPSA) is 47.0 Å². The van der Waals surface area contributed by atoms with Gasteiger partial charge in [0.2, 0.25) is 0 Å². The fourth-order valence-corrected chi connectivity index (χ4v) is 2.69. The van der Waals surface area contributed by atoms with Gasteiger partial charge in [-0.25, -0.2) is 9.97 Å². The first-order valence-electron chi connectivity index (χ1n) is 7.62. The van der Waals surface area contributed by atoms with Gasteiger partial charge in [-0.3, -0.25) is 0 Å². The van der Waals surface area contributed by atoms with Gasteiger partial charge in [0, 0.05) is 25.1 Å². The zero-order valence-electron chi connectivity index (χ0n) is 12.6. The van der Waals surface area contributed by atoms with E-state index >= 15 is 0 Å². The molecule has 0 amide bonds. The molecule has 0 saturated carbocycles. The van der Waals surface area contributed by atoms with E-state index in [1.807, 2.05) is 13.1 Å². The quantitative estimate of drug-likeness (QED) is 0.933. The molecule has 1 N–H and O–H groups in total. The Hall–Kier alpha value is -2.10. The maximum atomic E-state index is 5.90. The number of hydrogen-bond acceptors (Lipinski definition) is 4. The molecule has 1 aromatic carbocycles. The largest absolute Gasteiger partial charge is 0.493 e. The van der Waals surface area contributed by atoms with Gasteiger partial charge in [0.15, 0.2) is 0 Å². The van der Waals surface area contributed by atoms with Gasteiger partial charge in [0.1, 0.15) is 17.4 Å². The number of nitrogens with zero attached hydrogens (tertiary/aromatic N) is 2. The van der Waals surface area contributed by atoms with Gasteiger partial charge in [-0.2, -0.15) is 0 Å². The lowest BCUT2D eigenvalue weighted by molar-refractivity contribution is 0.289. The van der Waals surface area contributed by atoms with E-state index < -0.39 is 0 Å². The van der Waals surface area contributed by atoms with Crippen LogP contribution in [0.25, 0.3) is 11.3 Å². The molecule has 0 atom stereocenters. The van der Waals surface area contributed by atoms with Gasteiger partial charge < -0.3 is 10.1 Å². The zero-order chi connectivity index (χ0) is 14.7. The molecule has 2 heterocycles. The molecule has 3 rings (SSSR count). The fourth-order valence-electron chi connectivity index (χ4n) is 2.69. The minimum absolute atomic E-state index is 0.787. The van der Waals surface area contributed by atoms with Gasteiger partial charge in [-0.15, -0.1) is 0 Å². The summed E-state index contributed by atoms with van der Waals surface area (Å²) in [6, 6.07) is 8.31. The van der Waals surface area contributed by atoms with Crippen molar-refractivity contribution in [3.05, 3.63) is 35.7 Å². The second-order valence-corrected chi connectivity index (χ2v) is 5.30. The number of hydrogen-bond donors (Lipinski definition) is 1. The number of ether oxygens (including phenoxy) is 1. The molecule has 1 aromatic heterocycles. The molecule has 21 heavy (non-hydrogen) atoms. The number of aryl methyl sites for hydroxylation is 2. The van der Waals surface area contributed by atoms with Crippen LogP contribution >= 0.6 is 0 Å². The minimum Gasteiger partial charge on any atom is -0.493 e. The SMILES string of the molecule is CCCc1nc(NC)cc(-c2cccc3c2OCCC3)n1. The Morgan fingerprint density at radius 3 is 3.00 bits per heavy atom. The molecule has 1 aliphatic heterocycles. The van der Waals surface area contributed by atoms with Crippen LogP contribution in [0.1, 0.15) is 31.2 Å². The third kappa shape index (κ3) is 2.84. The summed E-state index contributed by atoms with van der Waals surface area (Å²) in [5.41, 5.74) is 3.29. The molecule has 110 valence electrons. The van der Waals surface area contributed by atoms with Crippen LogP contribution in [0.3, 0.4) is 0 Å². The van der Waals surface area contributed by atoms with Crippen LogP contribution in [0.5, 0.6) is 5.75 Å². The molecule has 4 heteroatoms. The summed E-state index contributed by atoms with van der Waals surface area (Å²) in [7, 11) is 1.89. The Balaban J connectivity index is 2.09. The summed E-state index contributed by atoms with van der Waals surface area (Å²) >= 11 is 0. The number of anilines is 1. The Bertz CT molecular complexity index is 640. The number of benzene rings is 1. The van der Waals surface area contributed by atoms with Crippen molar-refractivity contribution in [1.82, 2.24) is 9.97 Å². The highest BCUT2D eigenvalue weighted by Gasteiger charge is 2.17. The van der Waals surface area contributed by atoms with Crippen molar-refractivity contribution in [3.63, 3.8) is 0 Å². The first-order valence-corrected chi connectivity index (χ1v) is 7.62. The van der Waals surface area contributed by atoms with E-state index in [1.165, 1.54) is 5.56 Å². The van der Waals surface area contributed by atoms with Crippen molar-refractivity contribution in [1.29, 1.82) is 0 Å². The molecular formula is C17H21N3O. The van der Waals surface area contributed by atoms with Crippen LogP contribution in [0, 0.1) is 0 Å². The molecule has 4 nitrogen and oxygen atoms in total. The van der Waals surface area contributed by atoms with Crippen molar-refractivity contribution in [2.75, 3.05) is 19.0 Å². The minimum atomic E-state index is 0.787. The summed E-state index contributed by atoms with van der Waals surface area (Å²) < 4.78 is 5.90. The molecule has 0 radical (unpaired) electrons. The van der Waals surface area contributed by atoms with Crippen LogP contribution in [0.15, 0.2) is 24.3 Å². The monoisotopic (exact) mass is 283 g/mol. The highest BCUT2D eigenvalue weighted by Crippen LogP contribution is 2.35. The first-order chi connectivity index (χ1) is 10.3. The van der Waals surface area contributed by atoms with Gasteiger partial charge in [0.05, 0.1) is 12.3 Å². The maximum absolute atomic E-state index is 5.90.